The van der Waals surface area contributed by atoms with Crippen molar-refractivity contribution in [2.45, 2.75) is 38.8 Å². The molecule has 0 spiro atoms. The normalized spacial score (nSPS) is 12.9. The molecular weight excluding hydrogens is 384 g/mol. The molecule has 1 aromatic carbocycles. The number of hydrogen-bond donors (Lipinski definition) is 1. The Bertz CT molecular complexity index is 722. The first kappa shape index (κ1) is 19.1. The Morgan fingerprint density at radius 3 is 2.60 bits per heavy atom. The Balaban J connectivity index is 1.99. The summed E-state index contributed by atoms with van der Waals surface area (Å²) in [5, 5.41) is 2.96. The first-order chi connectivity index (χ1) is 12.0. The summed E-state index contributed by atoms with van der Waals surface area (Å²) in [6, 6.07) is 11.3. The Labute approximate surface area is 155 Å². The van der Waals surface area contributed by atoms with Crippen molar-refractivity contribution < 1.29 is 14.3 Å². The molecule has 1 N–H and O–H groups in total. The molecule has 5 nitrogen and oxygen atoms in total. The third-order valence-electron chi connectivity index (χ3n) is 3.69. The van der Waals surface area contributed by atoms with E-state index >= 15 is 0 Å². The molecule has 0 aliphatic carbocycles. The third-order valence-corrected chi connectivity index (χ3v) is 4.12. The number of hydrogen-bond acceptors (Lipinski definition) is 4. The third kappa shape index (κ3) is 5.67. The fourth-order valence-electron chi connectivity index (χ4n) is 2.39. The number of halogens is 1. The zero-order valence-corrected chi connectivity index (χ0v) is 15.8. The van der Waals surface area contributed by atoms with Gasteiger partial charge in [0.1, 0.15) is 0 Å². The van der Waals surface area contributed by atoms with Gasteiger partial charge in [-0.05, 0) is 40.9 Å². The fraction of sp³-hybridized carbons (Fsp3) is 0.316. The highest BCUT2D eigenvalue weighted by atomic mass is 79.9. The van der Waals surface area contributed by atoms with Crippen LogP contribution in [0.5, 0.6) is 0 Å². The number of ether oxygens (including phenoxy) is 1. The summed E-state index contributed by atoms with van der Waals surface area (Å²) < 4.78 is 5.93. The van der Waals surface area contributed by atoms with E-state index in [9.17, 15) is 9.59 Å². The Morgan fingerprint density at radius 1 is 1.24 bits per heavy atom. The van der Waals surface area contributed by atoms with E-state index < -0.39 is 12.1 Å². The maximum atomic E-state index is 12.4. The quantitative estimate of drug-likeness (QED) is 0.706. The van der Waals surface area contributed by atoms with Crippen LogP contribution in [0.25, 0.3) is 0 Å². The van der Waals surface area contributed by atoms with Crippen LogP contribution in [0, 0.1) is 0 Å². The van der Waals surface area contributed by atoms with Crippen molar-refractivity contribution >= 4 is 27.8 Å². The molecule has 1 heterocycles. The standard InChI is InChI=1S/C19H21BrN2O3/c1-3-7-17(14-8-5-4-6-9-14)22-18(23)13(2)25-19(24)15-10-16(20)12-21-11-15/h4-6,8-13,17H,3,7H2,1-2H3,(H,22,23). The Hall–Kier alpha value is -2.21. The van der Waals surface area contributed by atoms with Crippen LogP contribution in [0.2, 0.25) is 0 Å². The fourth-order valence-corrected chi connectivity index (χ4v) is 2.76. The van der Waals surface area contributed by atoms with Crippen molar-refractivity contribution in [3.05, 3.63) is 64.4 Å². The van der Waals surface area contributed by atoms with Crippen molar-refractivity contribution in [3.8, 4) is 0 Å². The van der Waals surface area contributed by atoms with E-state index in [0.717, 1.165) is 18.4 Å². The number of carbonyl (C=O) groups excluding carboxylic acids is 2. The summed E-state index contributed by atoms with van der Waals surface area (Å²) in [4.78, 5) is 28.5. The monoisotopic (exact) mass is 404 g/mol. The highest BCUT2D eigenvalue weighted by Crippen LogP contribution is 2.18. The molecule has 0 fully saturated rings. The molecule has 0 saturated carbocycles. The van der Waals surface area contributed by atoms with E-state index in [0.29, 0.717) is 10.0 Å². The van der Waals surface area contributed by atoms with Gasteiger partial charge in [-0.3, -0.25) is 9.78 Å². The number of aromatic nitrogens is 1. The van der Waals surface area contributed by atoms with Gasteiger partial charge in [-0.15, -0.1) is 0 Å². The molecule has 0 radical (unpaired) electrons. The summed E-state index contributed by atoms with van der Waals surface area (Å²) in [7, 11) is 0. The summed E-state index contributed by atoms with van der Waals surface area (Å²) in [5.41, 5.74) is 1.33. The van der Waals surface area contributed by atoms with Gasteiger partial charge in [0.15, 0.2) is 6.10 Å². The second-order valence-electron chi connectivity index (χ2n) is 5.70. The first-order valence-electron chi connectivity index (χ1n) is 8.18. The largest absolute Gasteiger partial charge is 0.449 e. The zero-order chi connectivity index (χ0) is 18.2. The number of benzene rings is 1. The summed E-state index contributed by atoms with van der Waals surface area (Å²) in [6.07, 6.45) is 3.82. The van der Waals surface area contributed by atoms with Crippen molar-refractivity contribution in [1.82, 2.24) is 10.3 Å². The number of esters is 1. The lowest BCUT2D eigenvalue weighted by molar-refractivity contribution is -0.129. The van der Waals surface area contributed by atoms with E-state index in [1.807, 2.05) is 30.3 Å². The average molecular weight is 405 g/mol. The van der Waals surface area contributed by atoms with Gasteiger partial charge in [0, 0.05) is 16.9 Å². The van der Waals surface area contributed by atoms with Gasteiger partial charge in [-0.1, -0.05) is 43.7 Å². The molecule has 2 rings (SSSR count). The van der Waals surface area contributed by atoms with Crippen molar-refractivity contribution in [1.29, 1.82) is 0 Å². The number of rotatable bonds is 7. The lowest BCUT2D eigenvalue weighted by Crippen LogP contribution is -2.38. The number of nitrogens with zero attached hydrogens (tertiary/aromatic N) is 1. The van der Waals surface area contributed by atoms with Gasteiger partial charge in [0.05, 0.1) is 11.6 Å². The lowest BCUT2D eigenvalue weighted by Gasteiger charge is -2.21. The van der Waals surface area contributed by atoms with Gasteiger partial charge in [-0.25, -0.2) is 4.79 Å². The van der Waals surface area contributed by atoms with Gasteiger partial charge in [0.2, 0.25) is 0 Å². The van der Waals surface area contributed by atoms with Crippen LogP contribution in [0.1, 0.15) is 48.7 Å². The van der Waals surface area contributed by atoms with Gasteiger partial charge in [-0.2, -0.15) is 0 Å². The number of carbonyl (C=O) groups is 2. The molecule has 2 aromatic rings. The van der Waals surface area contributed by atoms with Crippen LogP contribution in [0.3, 0.4) is 0 Å². The molecule has 1 amide bonds. The van der Waals surface area contributed by atoms with Crippen LogP contribution in [-0.2, 0) is 9.53 Å². The van der Waals surface area contributed by atoms with E-state index in [1.54, 1.807) is 19.2 Å². The van der Waals surface area contributed by atoms with Crippen molar-refractivity contribution in [2.24, 2.45) is 0 Å². The van der Waals surface area contributed by atoms with Crippen LogP contribution >= 0.6 is 15.9 Å². The molecule has 132 valence electrons. The van der Waals surface area contributed by atoms with Crippen LogP contribution in [-0.4, -0.2) is 23.0 Å². The minimum absolute atomic E-state index is 0.104. The molecular formula is C19H21BrN2O3. The SMILES string of the molecule is CCCC(NC(=O)C(C)OC(=O)c1cncc(Br)c1)c1ccccc1. The highest BCUT2D eigenvalue weighted by Gasteiger charge is 2.22. The summed E-state index contributed by atoms with van der Waals surface area (Å²) in [5.74, 6) is -0.901. The van der Waals surface area contributed by atoms with E-state index in [1.165, 1.54) is 6.20 Å². The molecule has 1 aromatic heterocycles. The Morgan fingerprint density at radius 2 is 1.96 bits per heavy atom. The highest BCUT2D eigenvalue weighted by molar-refractivity contribution is 9.10. The number of nitrogens with one attached hydrogen (secondary N) is 1. The molecule has 0 aliphatic rings. The number of pyridine rings is 1. The average Bonchev–Trinajstić information content (AvgIpc) is 2.62. The van der Waals surface area contributed by atoms with Crippen LogP contribution < -0.4 is 5.32 Å². The van der Waals surface area contributed by atoms with E-state index in [2.05, 4.69) is 33.2 Å². The second kappa shape index (κ2) is 9.32. The minimum atomic E-state index is -0.894. The predicted molar refractivity (Wildman–Crippen MR) is 99.0 cm³/mol. The van der Waals surface area contributed by atoms with Crippen LogP contribution in [0.15, 0.2) is 53.3 Å². The molecule has 0 aliphatic heterocycles. The summed E-state index contributed by atoms with van der Waals surface area (Å²) in [6.45, 7) is 3.62. The molecule has 2 atom stereocenters. The predicted octanol–water partition coefficient (Wildman–Crippen LogP) is 4.05. The lowest BCUT2D eigenvalue weighted by atomic mass is 10.0. The Kier molecular flexibility index (Phi) is 7.13. The van der Waals surface area contributed by atoms with Crippen LogP contribution in [0.4, 0.5) is 0 Å². The van der Waals surface area contributed by atoms with E-state index in [4.69, 9.17) is 4.74 Å². The minimum Gasteiger partial charge on any atom is -0.449 e. The maximum Gasteiger partial charge on any atom is 0.340 e. The number of amides is 1. The van der Waals surface area contributed by atoms with Gasteiger partial charge >= 0.3 is 5.97 Å². The molecule has 0 saturated heterocycles. The van der Waals surface area contributed by atoms with Gasteiger partial charge < -0.3 is 10.1 Å². The second-order valence-corrected chi connectivity index (χ2v) is 6.62. The smallest absolute Gasteiger partial charge is 0.340 e. The molecule has 2 unspecified atom stereocenters. The maximum absolute atomic E-state index is 12.4. The topological polar surface area (TPSA) is 68.3 Å². The van der Waals surface area contributed by atoms with Crippen molar-refractivity contribution in [2.75, 3.05) is 0 Å². The van der Waals surface area contributed by atoms with Gasteiger partial charge in [0.25, 0.3) is 5.91 Å². The summed E-state index contributed by atoms with van der Waals surface area (Å²) >= 11 is 3.25. The van der Waals surface area contributed by atoms with Crippen molar-refractivity contribution in [3.63, 3.8) is 0 Å². The molecule has 0 bridgehead atoms. The molecule has 6 heteroatoms. The molecule has 25 heavy (non-hydrogen) atoms. The zero-order valence-electron chi connectivity index (χ0n) is 14.2. The van der Waals surface area contributed by atoms with E-state index in [-0.39, 0.29) is 11.9 Å². The first-order valence-corrected chi connectivity index (χ1v) is 8.97.